The summed E-state index contributed by atoms with van der Waals surface area (Å²) in [4.78, 5) is 0. The van der Waals surface area contributed by atoms with Gasteiger partial charge in [0.1, 0.15) is 11.5 Å². The van der Waals surface area contributed by atoms with Crippen LogP contribution in [0.15, 0.2) is 12.1 Å². The number of rotatable bonds is 6. The summed E-state index contributed by atoms with van der Waals surface area (Å²) in [5.74, 6) is 1.83. The molecule has 0 aliphatic carbocycles. The van der Waals surface area contributed by atoms with Crippen molar-refractivity contribution in [2.75, 3.05) is 26.1 Å². The summed E-state index contributed by atoms with van der Waals surface area (Å²) in [5, 5.41) is 12.7. The summed E-state index contributed by atoms with van der Waals surface area (Å²) in [7, 11) is 3.26. The molecule has 1 rings (SSSR count). The van der Waals surface area contributed by atoms with Crippen LogP contribution >= 0.6 is 0 Å². The van der Waals surface area contributed by atoms with E-state index in [0.717, 1.165) is 22.7 Å². The number of hydrogen-bond donors (Lipinski definition) is 2. The van der Waals surface area contributed by atoms with Crippen LogP contribution in [0.3, 0.4) is 0 Å². The van der Waals surface area contributed by atoms with Crippen LogP contribution in [-0.2, 0) is 0 Å². The fraction of sp³-hybridized carbons (Fsp3) is 0.571. The Morgan fingerprint density at radius 2 is 1.89 bits per heavy atom. The van der Waals surface area contributed by atoms with Crippen LogP contribution in [0.25, 0.3) is 0 Å². The minimum absolute atomic E-state index is 0.00555. The van der Waals surface area contributed by atoms with Crippen molar-refractivity contribution in [1.29, 1.82) is 0 Å². The van der Waals surface area contributed by atoms with E-state index in [-0.39, 0.29) is 12.6 Å². The lowest BCUT2D eigenvalue weighted by Crippen LogP contribution is -2.30. The molecule has 1 unspecified atom stereocenters. The molecule has 0 aromatic heterocycles. The van der Waals surface area contributed by atoms with E-state index in [0.29, 0.717) is 5.92 Å². The van der Waals surface area contributed by atoms with Crippen LogP contribution in [0.2, 0.25) is 0 Å². The first kappa shape index (κ1) is 14.6. The quantitative estimate of drug-likeness (QED) is 0.817. The maximum absolute atomic E-state index is 9.39. The van der Waals surface area contributed by atoms with Crippen LogP contribution in [0.1, 0.15) is 19.4 Å². The van der Waals surface area contributed by atoms with E-state index in [4.69, 9.17) is 9.47 Å². The van der Waals surface area contributed by atoms with Gasteiger partial charge in [0.25, 0.3) is 0 Å². The Kier molecular flexibility index (Phi) is 5.28. The molecule has 0 aliphatic heterocycles. The summed E-state index contributed by atoms with van der Waals surface area (Å²) < 4.78 is 10.6. The Balaban J connectivity index is 3.07. The molecule has 0 bridgehead atoms. The lowest BCUT2D eigenvalue weighted by molar-refractivity contribution is 0.249. The maximum atomic E-state index is 9.39. The Bertz CT molecular complexity index is 391. The molecular weight excluding hydrogens is 230 g/mol. The zero-order valence-corrected chi connectivity index (χ0v) is 11.8. The van der Waals surface area contributed by atoms with Gasteiger partial charge in [-0.25, -0.2) is 0 Å². The molecule has 2 N–H and O–H groups in total. The first-order valence-corrected chi connectivity index (χ1v) is 6.13. The van der Waals surface area contributed by atoms with Crippen molar-refractivity contribution in [1.82, 2.24) is 0 Å². The van der Waals surface area contributed by atoms with E-state index < -0.39 is 0 Å². The smallest absolute Gasteiger partial charge is 0.145 e. The molecule has 0 aliphatic rings. The highest BCUT2D eigenvalue weighted by molar-refractivity contribution is 5.65. The number of anilines is 1. The second-order valence-electron chi connectivity index (χ2n) is 4.70. The van der Waals surface area contributed by atoms with Crippen molar-refractivity contribution >= 4 is 5.69 Å². The predicted octanol–water partition coefficient (Wildman–Crippen LogP) is 2.44. The van der Waals surface area contributed by atoms with Crippen molar-refractivity contribution in [2.24, 2.45) is 5.92 Å². The molecule has 18 heavy (non-hydrogen) atoms. The van der Waals surface area contributed by atoms with Gasteiger partial charge in [0.05, 0.1) is 32.6 Å². The molecule has 1 aromatic carbocycles. The van der Waals surface area contributed by atoms with Crippen LogP contribution in [0.5, 0.6) is 11.5 Å². The van der Waals surface area contributed by atoms with E-state index in [1.54, 1.807) is 14.2 Å². The number of methoxy groups -OCH3 is 2. The Hall–Kier alpha value is -1.42. The molecule has 4 nitrogen and oxygen atoms in total. The highest BCUT2D eigenvalue weighted by atomic mass is 16.5. The lowest BCUT2D eigenvalue weighted by Gasteiger charge is -2.24. The van der Waals surface area contributed by atoms with Crippen molar-refractivity contribution in [2.45, 2.75) is 26.8 Å². The molecule has 0 fully saturated rings. The van der Waals surface area contributed by atoms with E-state index in [2.05, 4.69) is 19.2 Å². The number of aryl methyl sites for hydroxylation is 1. The van der Waals surface area contributed by atoms with Crippen molar-refractivity contribution in [3.63, 3.8) is 0 Å². The average molecular weight is 253 g/mol. The van der Waals surface area contributed by atoms with Crippen LogP contribution < -0.4 is 14.8 Å². The minimum atomic E-state index is 0.00555. The van der Waals surface area contributed by atoms with Gasteiger partial charge >= 0.3 is 0 Å². The largest absolute Gasteiger partial charge is 0.497 e. The van der Waals surface area contributed by atoms with Gasteiger partial charge in [-0.1, -0.05) is 13.8 Å². The first-order chi connectivity index (χ1) is 8.53. The second-order valence-corrected chi connectivity index (χ2v) is 4.70. The monoisotopic (exact) mass is 253 g/mol. The molecule has 0 heterocycles. The third-order valence-corrected chi connectivity index (χ3v) is 3.06. The fourth-order valence-corrected chi connectivity index (χ4v) is 1.80. The van der Waals surface area contributed by atoms with Gasteiger partial charge in [0.2, 0.25) is 0 Å². The lowest BCUT2D eigenvalue weighted by atomic mass is 10.0. The van der Waals surface area contributed by atoms with Gasteiger partial charge in [0, 0.05) is 6.07 Å². The molecule has 0 saturated heterocycles. The van der Waals surface area contributed by atoms with E-state index >= 15 is 0 Å². The van der Waals surface area contributed by atoms with Crippen LogP contribution in [0, 0.1) is 12.8 Å². The first-order valence-electron chi connectivity index (χ1n) is 6.13. The third-order valence-electron chi connectivity index (χ3n) is 3.06. The van der Waals surface area contributed by atoms with E-state index in [1.807, 2.05) is 19.1 Å². The Labute approximate surface area is 109 Å². The molecule has 102 valence electrons. The van der Waals surface area contributed by atoms with E-state index in [1.165, 1.54) is 0 Å². The van der Waals surface area contributed by atoms with Gasteiger partial charge in [-0.3, -0.25) is 0 Å². The van der Waals surface area contributed by atoms with Crippen molar-refractivity contribution < 1.29 is 14.6 Å². The maximum Gasteiger partial charge on any atom is 0.145 e. The molecule has 0 spiro atoms. The van der Waals surface area contributed by atoms with Crippen molar-refractivity contribution in [3.05, 3.63) is 17.7 Å². The highest BCUT2D eigenvalue weighted by Gasteiger charge is 2.16. The summed E-state index contributed by atoms with van der Waals surface area (Å²) in [6, 6.07) is 3.79. The third kappa shape index (κ3) is 3.29. The Morgan fingerprint density at radius 1 is 1.22 bits per heavy atom. The predicted molar refractivity (Wildman–Crippen MR) is 73.6 cm³/mol. The molecule has 0 amide bonds. The summed E-state index contributed by atoms with van der Waals surface area (Å²) in [6.45, 7) is 6.22. The van der Waals surface area contributed by atoms with Gasteiger partial charge < -0.3 is 19.9 Å². The molecule has 0 saturated carbocycles. The summed E-state index contributed by atoms with van der Waals surface area (Å²) in [5.41, 5.74) is 1.94. The molecule has 4 heteroatoms. The standard InChI is InChI=1S/C14H23NO3/c1-9(2)12(8-16)15-14-10(3)6-11(17-4)7-13(14)18-5/h6-7,9,12,15-16H,8H2,1-5H3. The number of ether oxygens (including phenoxy) is 2. The van der Waals surface area contributed by atoms with Gasteiger partial charge in [-0.15, -0.1) is 0 Å². The zero-order valence-electron chi connectivity index (χ0n) is 11.8. The minimum Gasteiger partial charge on any atom is -0.497 e. The molecule has 1 atom stereocenters. The number of nitrogens with one attached hydrogen (secondary N) is 1. The normalized spacial score (nSPS) is 12.4. The van der Waals surface area contributed by atoms with Gasteiger partial charge in [-0.2, -0.15) is 0 Å². The topological polar surface area (TPSA) is 50.7 Å². The van der Waals surface area contributed by atoms with Crippen molar-refractivity contribution in [3.8, 4) is 11.5 Å². The second kappa shape index (κ2) is 6.50. The SMILES string of the molecule is COc1cc(C)c(NC(CO)C(C)C)c(OC)c1. The fourth-order valence-electron chi connectivity index (χ4n) is 1.80. The highest BCUT2D eigenvalue weighted by Crippen LogP contribution is 2.34. The summed E-state index contributed by atoms with van der Waals surface area (Å²) in [6.07, 6.45) is 0. The van der Waals surface area contributed by atoms with Gasteiger partial charge in [0.15, 0.2) is 0 Å². The molecule has 1 aromatic rings. The number of benzene rings is 1. The average Bonchev–Trinajstić information content (AvgIpc) is 2.35. The number of hydrogen-bond acceptors (Lipinski definition) is 4. The van der Waals surface area contributed by atoms with Gasteiger partial charge in [-0.05, 0) is 24.5 Å². The van der Waals surface area contributed by atoms with Crippen LogP contribution in [0.4, 0.5) is 5.69 Å². The van der Waals surface area contributed by atoms with E-state index in [9.17, 15) is 5.11 Å². The number of aliphatic hydroxyl groups excluding tert-OH is 1. The van der Waals surface area contributed by atoms with Crippen LogP contribution in [-0.4, -0.2) is 32.0 Å². The number of aliphatic hydroxyl groups is 1. The molecular formula is C14H23NO3. The molecule has 0 radical (unpaired) electrons. The zero-order chi connectivity index (χ0) is 13.7. The summed E-state index contributed by atoms with van der Waals surface area (Å²) >= 11 is 0. The Morgan fingerprint density at radius 3 is 2.33 bits per heavy atom.